The zero-order chi connectivity index (χ0) is 19.6. The summed E-state index contributed by atoms with van der Waals surface area (Å²) in [5, 5.41) is 8.17. The van der Waals surface area contributed by atoms with E-state index in [1.54, 1.807) is 18.3 Å². The first-order valence-corrected chi connectivity index (χ1v) is 9.07. The number of fused-ring (bicyclic) bond motifs is 1. The van der Waals surface area contributed by atoms with Crippen LogP contribution in [0.25, 0.3) is 33.5 Å². The Bertz CT molecular complexity index is 1280. The Labute approximate surface area is 165 Å². The molecular weight excluding hydrogens is 367 g/mol. The van der Waals surface area contributed by atoms with E-state index in [1.165, 1.54) is 12.1 Å². The average molecular weight is 382 g/mol. The largest absolute Gasteiger partial charge is 0.355 e. The molecule has 2 aromatic heterocycles. The summed E-state index contributed by atoms with van der Waals surface area (Å²) < 4.78 is 18.7. The normalized spacial score (nSPS) is 10.9. The molecule has 0 aliphatic rings. The molecule has 5 aromatic rings. The van der Waals surface area contributed by atoms with Gasteiger partial charge in [0.05, 0.1) is 11.1 Å². The molecule has 1 N–H and O–H groups in total. The summed E-state index contributed by atoms with van der Waals surface area (Å²) in [7, 11) is 0. The second-order valence-electron chi connectivity index (χ2n) is 6.51. The van der Waals surface area contributed by atoms with Gasteiger partial charge in [0.2, 0.25) is 5.95 Å². The summed E-state index contributed by atoms with van der Waals surface area (Å²) in [6.07, 6.45) is 1.68. The smallest absolute Gasteiger partial charge is 0.227 e. The van der Waals surface area contributed by atoms with E-state index >= 15 is 0 Å². The van der Waals surface area contributed by atoms with Crippen LogP contribution in [0.1, 0.15) is 0 Å². The summed E-state index contributed by atoms with van der Waals surface area (Å²) in [5.74, 6) is 0.866. The van der Waals surface area contributed by atoms with Crippen molar-refractivity contribution in [1.29, 1.82) is 0 Å². The van der Waals surface area contributed by atoms with Gasteiger partial charge in [-0.1, -0.05) is 41.6 Å². The van der Waals surface area contributed by atoms with Crippen molar-refractivity contribution in [3.05, 3.63) is 90.9 Å². The van der Waals surface area contributed by atoms with Crippen LogP contribution in [-0.4, -0.2) is 15.1 Å². The third-order valence-electron chi connectivity index (χ3n) is 4.56. The third-order valence-corrected chi connectivity index (χ3v) is 4.56. The van der Waals surface area contributed by atoms with Crippen LogP contribution in [0.15, 0.2) is 89.6 Å². The Hall–Kier alpha value is -4.06. The van der Waals surface area contributed by atoms with Gasteiger partial charge in [0.1, 0.15) is 11.3 Å². The van der Waals surface area contributed by atoms with Crippen LogP contribution in [0.5, 0.6) is 0 Å². The highest BCUT2D eigenvalue weighted by Crippen LogP contribution is 2.31. The lowest BCUT2D eigenvalue weighted by molar-refractivity contribution is 0.441. The number of nitrogens with zero attached hydrogens (tertiary/aromatic N) is 3. The summed E-state index contributed by atoms with van der Waals surface area (Å²) >= 11 is 0. The van der Waals surface area contributed by atoms with Gasteiger partial charge in [-0.05, 0) is 42.5 Å². The number of benzene rings is 3. The second kappa shape index (κ2) is 7.16. The Morgan fingerprint density at radius 2 is 1.66 bits per heavy atom. The first-order chi connectivity index (χ1) is 14.3. The maximum Gasteiger partial charge on any atom is 0.227 e. The van der Waals surface area contributed by atoms with Crippen molar-refractivity contribution >= 4 is 22.5 Å². The zero-order valence-electron chi connectivity index (χ0n) is 15.2. The van der Waals surface area contributed by atoms with Crippen LogP contribution in [0.3, 0.4) is 0 Å². The van der Waals surface area contributed by atoms with Crippen LogP contribution >= 0.6 is 0 Å². The monoisotopic (exact) mass is 382 g/mol. The summed E-state index contributed by atoms with van der Waals surface area (Å²) in [6, 6.07) is 23.6. The van der Waals surface area contributed by atoms with E-state index in [4.69, 9.17) is 4.52 Å². The number of hydrogen-bond acceptors (Lipinski definition) is 5. The van der Waals surface area contributed by atoms with Crippen molar-refractivity contribution in [2.45, 2.75) is 0 Å². The molecule has 0 aliphatic heterocycles. The average Bonchev–Trinajstić information content (AvgIpc) is 3.19. The van der Waals surface area contributed by atoms with Crippen LogP contribution in [-0.2, 0) is 0 Å². The van der Waals surface area contributed by atoms with Crippen LogP contribution < -0.4 is 5.32 Å². The molecule has 0 unspecified atom stereocenters. The Balaban J connectivity index is 1.51. The molecular formula is C23H15FN4O. The van der Waals surface area contributed by atoms with Gasteiger partial charge in [-0.25, -0.2) is 14.4 Å². The van der Waals surface area contributed by atoms with E-state index < -0.39 is 0 Å². The van der Waals surface area contributed by atoms with Crippen molar-refractivity contribution in [1.82, 2.24) is 15.1 Å². The van der Waals surface area contributed by atoms with Gasteiger partial charge in [-0.15, -0.1) is 0 Å². The van der Waals surface area contributed by atoms with Gasteiger partial charge in [0, 0.05) is 23.0 Å². The summed E-state index contributed by atoms with van der Waals surface area (Å²) in [5.41, 5.74) is 4.14. The molecule has 2 heterocycles. The first kappa shape index (κ1) is 17.1. The lowest BCUT2D eigenvalue weighted by Crippen LogP contribution is -1.97. The van der Waals surface area contributed by atoms with Crippen molar-refractivity contribution in [2.75, 3.05) is 5.32 Å². The molecule has 0 fully saturated rings. The number of hydrogen-bond donors (Lipinski definition) is 1. The molecule has 0 saturated carbocycles. The topological polar surface area (TPSA) is 63.8 Å². The van der Waals surface area contributed by atoms with E-state index in [0.717, 1.165) is 33.5 Å². The fourth-order valence-electron chi connectivity index (χ4n) is 3.14. The predicted octanol–water partition coefficient (Wildman–Crippen LogP) is 5.83. The molecule has 5 rings (SSSR count). The fraction of sp³-hybridized carbons (Fsp3) is 0. The molecule has 0 amide bonds. The zero-order valence-corrected chi connectivity index (χ0v) is 15.2. The van der Waals surface area contributed by atoms with Crippen molar-refractivity contribution in [2.24, 2.45) is 0 Å². The highest BCUT2D eigenvalue weighted by Gasteiger charge is 2.12. The quantitative estimate of drug-likeness (QED) is 0.423. The standard InChI is InChI=1S/C23H15FN4O/c24-17-7-9-18(10-8-17)26-23-25-13-12-20(27-23)16-6-11-21-19(14-16)22(29-28-21)15-4-2-1-3-5-15/h1-14H,(H,25,26,27). The SMILES string of the molecule is Fc1ccc(Nc2nccc(-c3ccc4noc(-c5ccccc5)c4c3)n2)cc1. The summed E-state index contributed by atoms with van der Waals surface area (Å²) in [4.78, 5) is 8.84. The molecule has 29 heavy (non-hydrogen) atoms. The van der Waals surface area contributed by atoms with Crippen molar-refractivity contribution in [3.63, 3.8) is 0 Å². The molecule has 0 spiro atoms. The van der Waals surface area contributed by atoms with E-state index in [2.05, 4.69) is 20.4 Å². The maximum absolute atomic E-state index is 13.1. The van der Waals surface area contributed by atoms with E-state index in [0.29, 0.717) is 11.6 Å². The van der Waals surface area contributed by atoms with Crippen molar-refractivity contribution < 1.29 is 8.91 Å². The van der Waals surface area contributed by atoms with Crippen LogP contribution in [0.2, 0.25) is 0 Å². The lowest BCUT2D eigenvalue weighted by atomic mass is 10.0. The molecule has 140 valence electrons. The number of aromatic nitrogens is 3. The Morgan fingerprint density at radius 3 is 2.48 bits per heavy atom. The minimum atomic E-state index is -0.290. The van der Waals surface area contributed by atoms with Gasteiger partial charge >= 0.3 is 0 Å². The Morgan fingerprint density at radius 1 is 0.828 bits per heavy atom. The predicted molar refractivity (Wildman–Crippen MR) is 110 cm³/mol. The minimum Gasteiger partial charge on any atom is -0.355 e. The van der Waals surface area contributed by atoms with Gasteiger partial charge in [0.15, 0.2) is 5.76 Å². The van der Waals surface area contributed by atoms with E-state index in [1.807, 2.05) is 54.6 Å². The number of halogens is 1. The highest BCUT2D eigenvalue weighted by atomic mass is 19.1. The Kier molecular flexibility index (Phi) is 4.22. The molecule has 0 saturated heterocycles. The van der Waals surface area contributed by atoms with Gasteiger partial charge in [0.25, 0.3) is 0 Å². The lowest BCUT2D eigenvalue weighted by Gasteiger charge is -2.07. The molecule has 6 heteroatoms. The minimum absolute atomic E-state index is 0.290. The third kappa shape index (κ3) is 3.43. The van der Waals surface area contributed by atoms with Gasteiger partial charge < -0.3 is 9.84 Å². The molecule has 0 atom stereocenters. The first-order valence-electron chi connectivity index (χ1n) is 9.07. The number of anilines is 2. The number of rotatable bonds is 4. The highest BCUT2D eigenvalue weighted by molar-refractivity contribution is 5.94. The molecule has 0 bridgehead atoms. The number of nitrogens with one attached hydrogen (secondary N) is 1. The second-order valence-corrected chi connectivity index (χ2v) is 6.51. The van der Waals surface area contributed by atoms with E-state index in [-0.39, 0.29) is 5.82 Å². The molecule has 3 aromatic carbocycles. The van der Waals surface area contributed by atoms with Crippen LogP contribution in [0.4, 0.5) is 16.0 Å². The molecule has 5 nitrogen and oxygen atoms in total. The summed E-state index contributed by atoms with van der Waals surface area (Å²) in [6.45, 7) is 0. The van der Waals surface area contributed by atoms with Crippen molar-refractivity contribution in [3.8, 4) is 22.6 Å². The van der Waals surface area contributed by atoms with E-state index in [9.17, 15) is 4.39 Å². The van der Waals surface area contributed by atoms with Gasteiger partial charge in [-0.2, -0.15) is 0 Å². The fourth-order valence-corrected chi connectivity index (χ4v) is 3.14. The van der Waals surface area contributed by atoms with Crippen LogP contribution in [0, 0.1) is 5.82 Å². The molecule has 0 aliphatic carbocycles. The van der Waals surface area contributed by atoms with Gasteiger partial charge in [-0.3, -0.25) is 0 Å². The maximum atomic E-state index is 13.1. The molecule has 0 radical (unpaired) electrons.